The maximum absolute atomic E-state index is 11.9. The molecule has 1 fully saturated rings. The van der Waals surface area contributed by atoms with Gasteiger partial charge in [-0.15, -0.1) is 23.7 Å². The topological polar surface area (TPSA) is 41.1 Å². The summed E-state index contributed by atoms with van der Waals surface area (Å²) in [4.78, 5) is 13.1. The Morgan fingerprint density at radius 3 is 2.89 bits per heavy atom. The van der Waals surface area contributed by atoms with Crippen LogP contribution in [-0.4, -0.2) is 19.0 Å². The van der Waals surface area contributed by atoms with Gasteiger partial charge in [0.05, 0.1) is 6.54 Å². The van der Waals surface area contributed by atoms with Crippen molar-refractivity contribution >= 4 is 29.7 Å². The Kier molecular flexibility index (Phi) is 7.42. The number of rotatable bonds is 5. The summed E-state index contributed by atoms with van der Waals surface area (Å²) < 4.78 is 0. The molecule has 2 N–H and O–H groups in total. The molecule has 1 unspecified atom stereocenters. The first-order valence-corrected chi connectivity index (χ1v) is 7.63. The minimum absolute atomic E-state index is 0. The molecule has 1 aromatic rings. The maximum Gasteiger partial charge on any atom is 0.220 e. The molecule has 0 aromatic carbocycles. The molecule has 0 bridgehead atoms. The third kappa shape index (κ3) is 5.51. The third-order valence-electron chi connectivity index (χ3n) is 3.74. The summed E-state index contributed by atoms with van der Waals surface area (Å²) in [6.07, 6.45) is 3.08. The van der Waals surface area contributed by atoms with E-state index >= 15 is 0 Å². The van der Waals surface area contributed by atoms with Crippen molar-refractivity contribution in [3.05, 3.63) is 22.4 Å². The number of carbonyl (C=O) groups excluding carboxylic acids is 1. The lowest BCUT2D eigenvalue weighted by atomic mass is 9.84. The predicted octanol–water partition coefficient (Wildman–Crippen LogP) is 2.81. The van der Waals surface area contributed by atoms with Gasteiger partial charge in [-0.05, 0) is 49.2 Å². The van der Waals surface area contributed by atoms with Gasteiger partial charge in [0, 0.05) is 11.3 Å². The fourth-order valence-corrected chi connectivity index (χ4v) is 3.19. The lowest BCUT2D eigenvalue weighted by molar-refractivity contribution is -0.122. The molecule has 1 atom stereocenters. The van der Waals surface area contributed by atoms with Crippen LogP contribution in [0.15, 0.2) is 17.5 Å². The zero-order valence-electron chi connectivity index (χ0n) is 11.4. The highest BCUT2D eigenvalue weighted by molar-refractivity contribution is 7.09. The first kappa shape index (κ1) is 16.5. The average Bonchev–Trinajstić information content (AvgIpc) is 2.90. The fraction of sp³-hybridized carbons (Fsp3) is 0.643. The smallest absolute Gasteiger partial charge is 0.220 e. The van der Waals surface area contributed by atoms with Gasteiger partial charge >= 0.3 is 0 Å². The van der Waals surface area contributed by atoms with E-state index in [4.69, 9.17) is 0 Å². The zero-order valence-corrected chi connectivity index (χ0v) is 13.0. The predicted molar refractivity (Wildman–Crippen MR) is 82.8 cm³/mol. The van der Waals surface area contributed by atoms with Crippen LogP contribution in [0.1, 0.15) is 31.1 Å². The van der Waals surface area contributed by atoms with Crippen LogP contribution in [0.4, 0.5) is 0 Å². The number of halogens is 1. The highest BCUT2D eigenvalue weighted by Crippen LogP contribution is 2.24. The van der Waals surface area contributed by atoms with Crippen LogP contribution >= 0.6 is 23.7 Å². The molecule has 1 aliphatic rings. The van der Waals surface area contributed by atoms with Gasteiger partial charge in [0.1, 0.15) is 0 Å². The minimum Gasteiger partial charge on any atom is -0.351 e. The van der Waals surface area contributed by atoms with Crippen molar-refractivity contribution < 1.29 is 4.79 Å². The molecular weight excluding hydrogens is 280 g/mol. The lowest BCUT2D eigenvalue weighted by Crippen LogP contribution is -2.33. The summed E-state index contributed by atoms with van der Waals surface area (Å²) in [6, 6.07) is 4.07. The van der Waals surface area contributed by atoms with E-state index < -0.39 is 0 Å². The van der Waals surface area contributed by atoms with E-state index in [1.165, 1.54) is 17.7 Å². The van der Waals surface area contributed by atoms with Crippen molar-refractivity contribution in [1.29, 1.82) is 0 Å². The largest absolute Gasteiger partial charge is 0.351 e. The molecule has 0 saturated carbocycles. The molecular formula is C14H23ClN2OS. The molecule has 3 nitrogen and oxygen atoms in total. The third-order valence-corrected chi connectivity index (χ3v) is 4.61. The SMILES string of the molecule is CC(CC(=O)NCc1cccs1)C1CCNCC1.Cl. The Bertz CT molecular complexity index is 364. The van der Waals surface area contributed by atoms with Crippen molar-refractivity contribution in [2.75, 3.05) is 13.1 Å². The van der Waals surface area contributed by atoms with E-state index in [2.05, 4.69) is 23.6 Å². The average molecular weight is 303 g/mol. The van der Waals surface area contributed by atoms with E-state index in [-0.39, 0.29) is 18.3 Å². The Hall–Kier alpha value is -0.580. The van der Waals surface area contributed by atoms with Crippen LogP contribution in [0.25, 0.3) is 0 Å². The van der Waals surface area contributed by atoms with Crippen molar-refractivity contribution in [2.45, 2.75) is 32.7 Å². The molecule has 0 aliphatic carbocycles. The maximum atomic E-state index is 11.9. The summed E-state index contributed by atoms with van der Waals surface area (Å²) in [5, 5.41) is 8.42. The second kappa shape index (κ2) is 8.56. The van der Waals surface area contributed by atoms with Crippen LogP contribution in [-0.2, 0) is 11.3 Å². The van der Waals surface area contributed by atoms with E-state index in [1.54, 1.807) is 11.3 Å². The van der Waals surface area contributed by atoms with Crippen LogP contribution in [0.3, 0.4) is 0 Å². The van der Waals surface area contributed by atoms with Crippen molar-refractivity contribution in [1.82, 2.24) is 10.6 Å². The quantitative estimate of drug-likeness (QED) is 0.878. The van der Waals surface area contributed by atoms with Gasteiger partial charge in [0.25, 0.3) is 0 Å². The van der Waals surface area contributed by atoms with Crippen LogP contribution in [0, 0.1) is 11.8 Å². The summed E-state index contributed by atoms with van der Waals surface area (Å²) in [5.41, 5.74) is 0. The van der Waals surface area contributed by atoms with Crippen molar-refractivity contribution in [3.8, 4) is 0 Å². The fourth-order valence-electron chi connectivity index (χ4n) is 2.54. The number of amides is 1. The number of carbonyl (C=O) groups is 1. The van der Waals surface area contributed by atoms with Crippen LogP contribution in [0.2, 0.25) is 0 Å². The second-order valence-corrected chi connectivity index (χ2v) is 6.16. The molecule has 0 spiro atoms. The number of piperidine rings is 1. The van der Waals surface area contributed by atoms with Gasteiger partial charge in [-0.25, -0.2) is 0 Å². The molecule has 1 saturated heterocycles. The number of hydrogen-bond acceptors (Lipinski definition) is 3. The molecule has 2 rings (SSSR count). The molecule has 0 radical (unpaired) electrons. The molecule has 108 valence electrons. The van der Waals surface area contributed by atoms with Gasteiger partial charge < -0.3 is 10.6 Å². The first-order chi connectivity index (χ1) is 8.75. The number of thiophene rings is 1. The van der Waals surface area contributed by atoms with E-state index in [0.717, 1.165) is 13.1 Å². The van der Waals surface area contributed by atoms with Crippen molar-refractivity contribution in [3.63, 3.8) is 0 Å². The molecule has 1 amide bonds. The van der Waals surface area contributed by atoms with E-state index in [9.17, 15) is 4.79 Å². The van der Waals surface area contributed by atoms with Gasteiger partial charge in [0.2, 0.25) is 5.91 Å². The van der Waals surface area contributed by atoms with E-state index in [1.807, 2.05) is 11.4 Å². The highest BCUT2D eigenvalue weighted by Gasteiger charge is 2.21. The summed E-state index contributed by atoms with van der Waals surface area (Å²) in [5.74, 6) is 1.39. The van der Waals surface area contributed by atoms with Crippen LogP contribution < -0.4 is 10.6 Å². The molecule has 5 heteroatoms. The summed E-state index contributed by atoms with van der Waals surface area (Å²) in [6.45, 7) is 5.09. The highest BCUT2D eigenvalue weighted by atomic mass is 35.5. The van der Waals surface area contributed by atoms with Gasteiger partial charge in [-0.3, -0.25) is 4.79 Å². The van der Waals surface area contributed by atoms with E-state index in [0.29, 0.717) is 24.8 Å². The first-order valence-electron chi connectivity index (χ1n) is 6.75. The zero-order chi connectivity index (χ0) is 12.8. The minimum atomic E-state index is 0. The molecule has 2 heterocycles. The summed E-state index contributed by atoms with van der Waals surface area (Å²) >= 11 is 1.69. The Labute approximate surface area is 125 Å². The second-order valence-electron chi connectivity index (χ2n) is 5.12. The van der Waals surface area contributed by atoms with Gasteiger partial charge in [-0.2, -0.15) is 0 Å². The Balaban J connectivity index is 0.00000180. The van der Waals surface area contributed by atoms with Crippen LogP contribution in [0.5, 0.6) is 0 Å². The van der Waals surface area contributed by atoms with Gasteiger partial charge in [-0.1, -0.05) is 13.0 Å². The molecule has 1 aromatic heterocycles. The van der Waals surface area contributed by atoms with Gasteiger partial charge in [0.15, 0.2) is 0 Å². The number of nitrogens with one attached hydrogen (secondary N) is 2. The van der Waals surface area contributed by atoms with Crippen molar-refractivity contribution in [2.24, 2.45) is 11.8 Å². The summed E-state index contributed by atoms with van der Waals surface area (Å²) in [7, 11) is 0. The normalized spacial score (nSPS) is 17.5. The standard InChI is InChI=1S/C14H22N2OS.ClH/c1-11(12-4-6-15-7-5-12)9-14(17)16-10-13-3-2-8-18-13;/h2-3,8,11-12,15H,4-7,9-10H2,1H3,(H,16,17);1H. The Morgan fingerprint density at radius 1 is 1.53 bits per heavy atom. The monoisotopic (exact) mass is 302 g/mol. The number of hydrogen-bond donors (Lipinski definition) is 2. The molecule has 19 heavy (non-hydrogen) atoms. The lowest BCUT2D eigenvalue weighted by Gasteiger charge is -2.27. The Morgan fingerprint density at radius 2 is 2.26 bits per heavy atom. The molecule has 1 aliphatic heterocycles.